The van der Waals surface area contributed by atoms with Crippen LogP contribution in [0.25, 0.3) is 10.9 Å². The summed E-state index contributed by atoms with van der Waals surface area (Å²) in [5.74, 6) is 0.823. The van der Waals surface area contributed by atoms with Crippen molar-refractivity contribution in [3.8, 4) is 0 Å². The zero-order valence-corrected chi connectivity index (χ0v) is 18.4. The number of hydrogen-bond donors (Lipinski definition) is 1. The molecular formula is C22H24ClN3O2S. The van der Waals surface area contributed by atoms with Crippen LogP contribution in [-0.2, 0) is 11.3 Å². The molecule has 1 N–H and O–H groups in total. The number of amides is 1. The molecule has 3 rings (SSSR count). The van der Waals surface area contributed by atoms with Crippen LogP contribution in [0.1, 0.15) is 30.3 Å². The number of thioether (sulfide) groups is 1. The Balaban J connectivity index is 1.77. The van der Waals surface area contributed by atoms with Crippen LogP contribution in [0.2, 0.25) is 5.02 Å². The smallest absolute Gasteiger partial charge is 0.258 e. The summed E-state index contributed by atoms with van der Waals surface area (Å²) < 4.78 is 0. The average molecular weight is 430 g/mol. The first-order valence-corrected chi connectivity index (χ1v) is 10.9. The Kier molecular flexibility index (Phi) is 6.98. The summed E-state index contributed by atoms with van der Waals surface area (Å²) in [6.45, 7) is 6.98. The average Bonchev–Trinajstić information content (AvgIpc) is 2.67. The maximum absolute atomic E-state index is 12.9. The van der Waals surface area contributed by atoms with E-state index in [1.54, 1.807) is 34.9 Å². The van der Waals surface area contributed by atoms with Crippen molar-refractivity contribution in [1.82, 2.24) is 14.9 Å². The van der Waals surface area contributed by atoms with Crippen molar-refractivity contribution in [2.45, 2.75) is 38.6 Å². The summed E-state index contributed by atoms with van der Waals surface area (Å²) in [6, 6.07) is 11.2. The molecule has 1 aromatic heterocycles. The van der Waals surface area contributed by atoms with Crippen LogP contribution in [0.5, 0.6) is 0 Å². The number of benzene rings is 2. The minimum Gasteiger partial charge on any atom is -0.335 e. The number of aryl methyl sites for hydroxylation is 2. The van der Waals surface area contributed by atoms with Crippen LogP contribution in [0.15, 0.2) is 46.1 Å². The lowest BCUT2D eigenvalue weighted by atomic mass is 10.2. The lowest BCUT2D eigenvalue weighted by molar-refractivity contribution is -0.129. The molecule has 152 valence electrons. The van der Waals surface area contributed by atoms with E-state index >= 15 is 0 Å². The minimum absolute atomic E-state index is 0.0200. The highest BCUT2D eigenvalue weighted by Gasteiger charge is 2.16. The number of carbonyl (C=O) groups is 1. The second-order valence-electron chi connectivity index (χ2n) is 7.05. The summed E-state index contributed by atoms with van der Waals surface area (Å²) in [7, 11) is 0. The summed E-state index contributed by atoms with van der Waals surface area (Å²) in [6.07, 6.45) is 0.823. The van der Waals surface area contributed by atoms with Crippen molar-refractivity contribution in [3.05, 3.63) is 68.7 Å². The summed E-state index contributed by atoms with van der Waals surface area (Å²) in [5, 5.41) is 1.00. The Morgan fingerprint density at radius 1 is 1.21 bits per heavy atom. The third-order valence-electron chi connectivity index (χ3n) is 4.60. The predicted octanol–water partition coefficient (Wildman–Crippen LogP) is 4.72. The molecule has 29 heavy (non-hydrogen) atoms. The molecule has 0 spiro atoms. The number of aromatic amines is 1. The Morgan fingerprint density at radius 2 is 2.00 bits per heavy atom. The second kappa shape index (κ2) is 9.46. The molecule has 3 aromatic rings. The molecule has 5 nitrogen and oxygen atoms in total. The molecule has 0 saturated heterocycles. The summed E-state index contributed by atoms with van der Waals surface area (Å²) >= 11 is 7.57. The molecule has 0 unspecified atom stereocenters. The van der Waals surface area contributed by atoms with E-state index in [1.165, 1.54) is 5.56 Å². The monoisotopic (exact) mass is 429 g/mol. The molecule has 0 radical (unpaired) electrons. The summed E-state index contributed by atoms with van der Waals surface area (Å²) in [5.41, 5.74) is 2.64. The van der Waals surface area contributed by atoms with Gasteiger partial charge in [0.2, 0.25) is 5.91 Å². The van der Waals surface area contributed by atoms with Crippen LogP contribution < -0.4 is 5.56 Å². The Labute approximate surface area is 179 Å². The number of H-pyrrole nitrogens is 1. The maximum Gasteiger partial charge on any atom is 0.258 e. The van der Waals surface area contributed by atoms with Crippen LogP contribution in [-0.4, -0.2) is 33.1 Å². The lowest BCUT2D eigenvalue weighted by Crippen LogP contribution is -2.34. The molecule has 0 aliphatic carbocycles. The fraction of sp³-hybridized carbons (Fsp3) is 0.318. The van der Waals surface area contributed by atoms with Gasteiger partial charge in [-0.3, -0.25) is 9.59 Å². The molecule has 1 heterocycles. The van der Waals surface area contributed by atoms with Gasteiger partial charge in [0, 0.05) is 16.5 Å². The van der Waals surface area contributed by atoms with Gasteiger partial charge in [0.15, 0.2) is 0 Å². The first-order valence-electron chi connectivity index (χ1n) is 9.53. The van der Waals surface area contributed by atoms with Gasteiger partial charge in [0.25, 0.3) is 5.56 Å². The standard InChI is InChI=1S/C22H24ClN3O2S/c1-4-9-26(21(27)13-29-19-10-14(2)5-6-15(19)3)12-20-24-18-11-16(23)7-8-17(18)22(28)25-20/h5-8,10-11H,4,9,12-13H2,1-3H3,(H,24,25,28). The van der Waals surface area contributed by atoms with E-state index in [0.29, 0.717) is 34.0 Å². The molecule has 2 aromatic carbocycles. The van der Waals surface area contributed by atoms with Crippen molar-refractivity contribution in [2.75, 3.05) is 12.3 Å². The number of fused-ring (bicyclic) bond motifs is 1. The molecule has 1 amide bonds. The first-order chi connectivity index (χ1) is 13.9. The van der Waals surface area contributed by atoms with Gasteiger partial charge in [-0.05, 0) is 50.1 Å². The highest BCUT2D eigenvalue weighted by Crippen LogP contribution is 2.24. The van der Waals surface area contributed by atoms with E-state index in [4.69, 9.17) is 11.6 Å². The number of hydrogen-bond acceptors (Lipinski definition) is 4. The molecule has 0 fully saturated rings. The first kappa shape index (κ1) is 21.4. The highest BCUT2D eigenvalue weighted by atomic mass is 35.5. The van der Waals surface area contributed by atoms with Gasteiger partial charge in [-0.25, -0.2) is 4.98 Å². The summed E-state index contributed by atoms with van der Waals surface area (Å²) in [4.78, 5) is 35.4. The largest absolute Gasteiger partial charge is 0.335 e. The van der Waals surface area contributed by atoms with E-state index < -0.39 is 0 Å². The number of carbonyl (C=O) groups excluding carboxylic acids is 1. The van der Waals surface area contributed by atoms with Gasteiger partial charge < -0.3 is 9.88 Å². The second-order valence-corrected chi connectivity index (χ2v) is 8.50. The highest BCUT2D eigenvalue weighted by molar-refractivity contribution is 8.00. The maximum atomic E-state index is 12.9. The van der Waals surface area contributed by atoms with Crippen LogP contribution >= 0.6 is 23.4 Å². The van der Waals surface area contributed by atoms with E-state index in [9.17, 15) is 9.59 Å². The van der Waals surface area contributed by atoms with Crippen molar-refractivity contribution in [2.24, 2.45) is 0 Å². The number of rotatable bonds is 7. The van der Waals surface area contributed by atoms with Gasteiger partial charge in [-0.2, -0.15) is 0 Å². The van der Waals surface area contributed by atoms with Crippen LogP contribution in [0, 0.1) is 13.8 Å². The van der Waals surface area contributed by atoms with E-state index in [-0.39, 0.29) is 18.0 Å². The zero-order chi connectivity index (χ0) is 21.0. The number of nitrogens with zero attached hydrogens (tertiary/aromatic N) is 2. The third-order valence-corrected chi connectivity index (χ3v) is 5.98. The van der Waals surface area contributed by atoms with E-state index in [1.807, 2.05) is 20.8 Å². The molecule has 0 aliphatic rings. The molecule has 0 atom stereocenters. The number of halogens is 1. The van der Waals surface area contributed by atoms with Crippen molar-refractivity contribution in [1.29, 1.82) is 0 Å². The number of nitrogens with one attached hydrogen (secondary N) is 1. The van der Waals surface area contributed by atoms with Gasteiger partial charge >= 0.3 is 0 Å². The zero-order valence-electron chi connectivity index (χ0n) is 16.8. The molecular weight excluding hydrogens is 406 g/mol. The predicted molar refractivity (Wildman–Crippen MR) is 120 cm³/mol. The quantitative estimate of drug-likeness (QED) is 0.551. The fourth-order valence-corrected chi connectivity index (χ4v) is 4.26. The number of aromatic nitrogens is 2. The topological polar surface area (TPSA) is 66.1 Å². The molecule has 0 saturated carbocycles. The minimum atomic E-state index is -0.227. The van der Waals surface area contributed by atoms with Gasteiger partial charge in [0.05, 0.1) is 23.2 Å². The van der Waals surface area contributed by atoms with Crippen molar-refractivity contribution in [3.63, 3.8) is 0 Å². The van der Waals surface area contributed by atoms with Gasteiger partial charge in [-0.1, -0.05) is 36.2 Å². The van der Waals surface area contributed by atoms with Gasteiger partial charge in [-0.15, -0.1) is 11.8 Å². The van der Waals surface area contributed by atoms with E-state index in [2.05, 4.69) is 28.2 Å². The van der Waals surface area contributed by atoms with E-state index in [0.717, 1.165) is 16.9 Å². The SMILES string of the molecule is CCCN(Cc1nc2cc(Cl)ccc2c(=O)[nH]1)C(=O)CSc1cc(C)ccc1C. The normalized spacial score (nSPS) is 11.0. The fourth-order valence-electron chi connectivity index (χ4n) is 3.07. The van der Waals surface area contributed by atoms with Crippen molar-refractivity contribution >= 4 is 40.2 Å². The van der Waals surface area contributed by atoms with Crippen LogP contribution in [0.3, 0.4) is 0 Å². The lowest BCUT2D eigenvalue weighted by Gasteiger charge is -2.22. The Hall–Kier alpha value is -2.31. The Bertz CT molecular complexity index is 1100. The molecule has 0 aliphatic heterocycles. The molecule has 7 heteroatoms. The Morgan fingerprint density at radius 3 is 2.76 bits per heavy atom. The third kappa shape index (κ3) is 5.40. The van der Waals surface area contributed by atoms with Crippen LogP contribution in [0.4, 0.5) is 0 Å². The molecule has 0 bridgehead atoms. The van der Waals surface area contributed by atoms with Gasteiger partial charge in [0.1, 0.15) is 5.82 Å². The van der Waals surface area contributed by atoms with Crippen molar-refractivity contribution < 1.29 is 4.79 Å².